The molecule has 0 spiro atoms. The van der Waals surface area contributed by atoms with Gasteiger partial charge in [-0.15, -0.1) is 6.58 Å². The van der Waals surface area contributed by atoms with E-state index in [4.69, 9.17) is 4.74 Å². The van der Waals surface area contributed by atoms with Crippen LogP contribution in [0.3, 0.4) is 0 Å². The highest BCUT2D eigenvalue weighted by molar-refractivity contribution is 5.68. The zero-order chi connectivity index (χ0) is 11.7. The molecule has 0 amide bonds. The summed E-state index contributed by atoms with van der Waals surface area (Å²) in [7, 11) is 0. The molecule has 0 rings (SSSR count). The second-order valence-corrected chi connectivity index (χ2v) is 3.87. The molecule has 0 unspecified atom stereocenters. The molecule has 2 heteroatoms. The fourth-order valence-electron chi connectivity index (χ4n) is 1.09. The minimum atomic E-state index is -0.121. The van der Waals surface area contributed by atoms with Crippen LogP contribution < -0.4 is 0 Å². The van der Waals surface area contributed by atoms with E-state index in [2.05, 4.69) is 19.6 Å². The molecule has 0 aliphatic rings. The summed E-state index contributed by atoms with van der Waals surface area (Å²) in [6.07, 6.45) is 5.55. The van der Waals surface area contributed by atoms with Crippen molar-refractivity contribution in [2.75, 3.05) is 6.61 Å². The van der Waals surface area contributed by atoms with Gasteiger partial charge < -0.3 is 4.74 Å². The maximum Gasteiger partial charge on any atom is 0.305 e. The van der Waals surface area contributed by atoms with Crippen molar-refractivity contribution in [2.24, 2.45) is 0 Å². The van der Waals surface area contributed by atoms with E-state index in [1.54, 1.807) is 6.92 Å². The van der Waals surface area contributed by atoms with Gasteiger partial charge in [0.05, 0.1) is 6.61 Å². The SMILES string of the molecule is C=C(C)CC/C=C(\C)CCOC(=O)CC. The average molecular weight is 210 g/mol. The molecule has 0 heterocycles. The second-order valence-electron chi connectivity index (χ2n) is 3.87. The fraction of sp³-hybridized carbons (Fsp3) is 0.615. The topological polar surface area (TPSA) is 26.3 Å². The molecule has 0 N–H and O–H groups in total. The van der Waals surface area contributed by atoms with Crippen LogP contribution in [0.15, 0.2) is 23.8 Å². The van der Waals surface area contributed by atoms with E-state index in [0.29, 0.717) is 13.0 Å². The smallest absolute Gasteiger partial charge is 0.305 e. The Morgan fingerprint density at radius 1 is 1.33 bits per heavy atom. The lowest BCUT2D eigenvalue weighted by Gasteiger charge is -2.03. The van der Waals surface area contributed by atoms with Crippen LogP contribution in [-0.4, -0.2) is 12.6 Å². The van der Waals surface area contributed by atoms with Crippen molar-refractivity contribution >= 4 is 5.97 Å². The third-order valence-corrected chi connectivity index (χ3v) is 2.11. The molecule has 0 atom stereocenters. The minimum Gasteiger partial charge on any atom is -0.465 e. The summed E-state index contributed by atoms with van der Waals surface area (Å²) in [4.78, 5) is 10.8. The Hall–Kier alpha value is -1.05. The first-order valence-electron chi connectivity index (χ1n) is 5.52. The quantitative estimate of drug-likeness (QED) is 0.474. The van der Waals surface area contributed by atoms with E-state index < -0.39 is 0 Å². The predicted molar refractivity (Wildman–Crippen MR) is 63.7 cm³/mol. The lowest BCUT2D eigenvalue weighted by molar-refractivity contribution is -0.143. The lowest BCUT2D eigenvalue weighted by Crippen LogP contribution is -2.03. The third kappa shape index (κ3) is 9.26. The van der Waals surface area contributed by atoms with Crippen molar-refractivity contribution in [1.82, 2.24) is 0 Å². The van der Waals surface area contributed by atoms with E-state index in [9.17, 15) is 4.79 Å². The number of carbonyl (C=O) groups is 1. The van der Waals surface area contributed by atoms with E-state index in [-0.39, 0.29) is 5.97 Å². The zero-order valence-corrected chi connectivity index (χ0v) is 10.1. The van der Waals surface area contributed by atoms with Crippen LogP contribution in [-0.2, 0) is 9.53 Å². The molecule has 15 heavy (non-hydrogen) atoms. The van der Waals surface area contributed by atoms with Crippen molar-refractivity contribution in [2.45, 2.75) is 46.5 Å². The highest BCUT2D eigenvalue weighted by Gasteiger charge is 1.97. The van der Waals surface area contributed by atoms with Crippen molar-refractivity contribution in [3.63, 3.8) is 0 Å². The number of hydrogen-bond donors (Lipinski definition) is 0. The monoisotopic (exact) mass is 210 g/mol. The molecule has 0 saturated carbocycles. The van der Waals surface area contributed by atoms with Crippen LogP contribution in [0.1, 0.15) is 46.5 Å². The number of ether oxygens (including phenoxy) is 1. The molecule has 0 aliphatic carbocycles. The van der Waals surface area contributed by atoms with Gasteiger partial charge in [-0.1, -0.05) is 24.1 Å². The molecule has 2 nitrogen and oxygen atoms in total. The molecular formula is C13H22O2. The molecule has 0 aromatic rings. The highest BCUT2D eigenvalue weighted by Crippen LogP contribution is 2.07. The van der Waals surface area contributed by atoms with Gasteiger partial charge in [0.1, 0.15) is 0 Å². The second kappa shape index (κ2) is 8.27. The van der Waals surface area contributed by atoms with Crippen molar-refractivity contribution in [1.29, 1.82) is 0 Å². The molecule has 0 saturated heterocycles. The first-order valence-corrected chi connectivity index (χ1v) is 5.52. The van der Waals surface area contributed by atoms with Gasteiger partial charge in [0, 0.05) is 12.8 Å². The van der Waals surface area contributed by atoms with Crippen LogP contribution >= 0.6 is 0 Å². The molecule has 86 valence electrons. The Morgan fingerprint density at radius 3 is 2.53 bits per heavy atom. The Bertz CT molecular complexity index is 239. The summed E-state index contributed by atoms with van der Waals surface area (Å²) < 4.78 is 4.99. The Labute approximate surface area is 93.0 Å². The maximum atomic E-state index is 10.8. The largest absolute Gasteiger partial charge is 0.465 e. The van der Waals surface area contributed by atoms with E-state index in [0.717, 1.165) is 19.3 Å². The summed E-state index contributed by atoms with van der Waals surface area (Å²) in [6.45, 7) is 10.3. The minimum absolute atomic E-state index is 0.121. The van der Waals surface area contributed by atoms with E-state index in [1.807, 2.05) is 6.92 Å². The summed E-state index contributed by atoms with van der Waals surface area (Å²) in [5, 5.41) is 0. The Kier molecular flexibility index (Phi) is 7.69. The highest BCUT2D eigenvalue weighted by atomic mass is 16.5. The number of esters is 1. The van der Waals surface area contributed by atoms with Gasteiger partial charge in [0.2, 0.25) is 0 Å². The first kappa shape index (κ1) is 13.9. The third-order valence-electron chi connectivity index (χ3n) is 2.11. The van der Waals surface area contributed by atoms with Gasteiger partial charge in [-0.2, -0.15) is 0 Å². The number of hydrogen-bond acceptors (Lipinski definition) is 2. The molecule has 0 bridgehead atoms. The number of allylic oxidation sites excluding steroid dienone is 2. The zero-order valence-electron chi connectivity index (χ0n) is 10.1. The molecule has 0 fully saturated rings. The van der Waals surface area contributed by atoms with E-state index >= 15 is 0 Å². The van der Waals surface area contributed by atoms with Gasteiger partial charge in [0.15, 0.2) is 0 Å². The van der Waals surface area contributed by atoms with Gasteiger partial charge in [-0.05, 0) is 26.7 Å². The molecule has 0 aromatic carbocycles. The van der Waals surface area contributed by atoms with Crippen molar-refractivity contribution < 1.29 is 9.53 Å². The van der Waals surface area contributed by atoms with Crippen molar-refractivity contribution in [3.8, 4) is 0 Å². The average Bonchev–Trinajstić information content (AvgIpc) is 2.17. The van der Waals surface area contributed by atoms with Gasteiger partial charge in [0.25, 0.3) is 0 Å². The predicted octanol–water partition coefficient (Wildman–Crippen LogP) is 3.63. The molecule has 0 aliphatic heterocycles. The maximum absolute atomic E-state index is 10.8. The molecule has 0 aromatic heterocycles. The Balaban J connectivity index is 3.59. The fourth-order valence-corrected chi connectivity index (χ4v) is 1.09. The number of rotatable bonds is 7. The number of carbonyl (C=O) groups excluding carboxylic acids is 1. The normalized spacial score (nSPS) is 11.3. The Morgan fingerprint density at radius 2 is 2.00 bits per heavy atom. The van der Waals surface area contributed by atoms with Crippen LogP contribution in [0.4, 0.5) is 0 Å². The summed E-state index contributed by atoms with van der Waals surface area (Å²) >= 11 is 0. The molecule has 0 radical (unpaired) electrons. The standard InChI is InChI=1S/C13H22O2/c1-5-13(14)15-10-9-12(4)8-6-7-11(2)3/h8H,2,5-7,9-10H2,1,3-4H3/b12-8+. The van der Waals surface area contributed by atoms with Crippen LogP contribution in [0.2, 0.25) is 0 Å². The van der Waals surface area contributed by atoms with Crippen molar-refractivity contribution in [3.05, 3.63) is 23.8 Å². The lowest BCUT2D eigenvalue weighted by atomic mass is 10.1. The van der Waals surface area contributed by atoms with Gasteiger partial charge >= 0.3 is 5.97 Å². The van der Waals surface area contributed by atoms with Gasteiger partial charge in [-0.3, -0.25) is 4.79 Å². The van der Waals surface area contributed by atoms with Gasteiger partial charge in [-0.25, -0.2) is 0 Å². The summed E-state index contributed by atoms with van der Waals surface area (Å²) in [5.41, 5.74) is 2.48. The summed E-state index contributed by atoms with van der Waals surface area (Å²) in [5.74, 6) is -0.121. The van der Waals surface area contributed by atoms with Crippen LogP contribution in [0.5, 0.6) is 0 Å². The first-order chi connectivity index (χ1) is 7.06. The van der Waals surface area contributed by atoms with E-state index in [1.165, 1.54) is 11.1 Å². The van der Waals surface area contributed by atoms with Crippen LogP contribution in [0, 0.1) is 0 Å². The molecular weight excluding hydrogens is 188 g/mol. The van der Waals surface area contributed by atoms with Crippen LogP contribution in [0.25, 0.3) is 0 Å². The summed E-state index contributed by atoms with van der Waals surface area (Å²) in [6, 6.07) is 0.